The van der Waals surface area contributed by atoms with E-state index in [1.54, 1.807) is 54.6 Å². The van der Waals surface area contributed by atoms with E-state index in [0.717, 1.165) is 6.42 Å². The van der Waals surface area contributed by atoms with Crippen LogP contribution in [0.1, 0.15) is 16.8 Å². The van der Waals surface area contributed by atoms with Gasteiger partial charge in [-0.05, 0) is 36.4 Å². The number of carbonyl (C=O) groups is 2. The minimum atomic E-state index is -0.354. The first kappa shape index (κ1) is 20.3. The quantitative estimate of drug-likeness (QED) is 0.629. The van der Waals surface area contributed by atoms with Crippen LogP contribution in [-0.2, 0) is 4.79 Å². The molecule has 0 spiro atoms. The maximum absolute atomic E-state index is 12.6. The van der Waals surface area contributed by atoms with Gasteiger partial charge >= 0.3 is 0 Å². The highest BCUT2D eigenvalue weighted by atomic mass is 16.5. The largest absolute Gasteiger partial charge is 0.490 e. The van der Waals surface area contributed by atoms with Crippen molar-refractivity contribution < 1.29 is 23.8 Å². The number of benzene rings is 3. The molecule has 0 unspecified atom stereocenters. The predicted octanol–water partition coefficient (Wildman–Crippen LogP) is 4.12. The molecule has 1 aliphatic heterocycles. The van der Waals surface area contributed by atoms with Gasteiger partial charge < -0.3 is 24.8 Å². The molecule has 7 heteroatoms. The van der Waals surface area contributed by atoms with Crippen LogP contribution in [0.2, 0.25) is 0 Å². The number of amides is 2. The summed E-state index contributed by atoms with van der Waals surface area (Å²) in [7, 11) is 0. The first-order chi connectivity index (χ1) is 15.2. The maximum Gasteiger partial charge on any atom is 0.262 e. The Bertz CT molecular complexity index is 1070. The van der Waals surface area contributed by atoms with Gasteiger partial charge in [0.25, 0.3) is 11.8 Å². The lowest BCUT2D eigenvalue weighted by atomic mass is 10.2. The van der Waals surface area contributed by atoms with Crippen molar-refractivity contribution in [3.63, 3.8) is 0 Å². The summed E-state index contributed by atoms with van der Waals surface area (Å²) in [5.74, 6) is 0.909. The predicted molar refractivity (Wildman–Crippen MR) is 117 cm³/mol. The van der Waals surface area contributed by atoms with Crippen LogP contribution in [0.25, 0.3) is 0 Å². The molecule has 0 bridgehead atoms. The number of carbonyl (C=O) groups excluding carboxylic acids is 2. The summed E-state index contributed by atoms with van der Waals surface area (Å²) in [6.45, 7) is 0.920. The third-order valence-corrected chi connectivity index (χ3v) is 4.55. The first-order valence-corrected chi connectivity index (χ1v) is 9.97. The third kappa shape index (κ3) is 5.33. The number of nitrogens with one attached hydrogen (secondary N) is 2. The highest BCUT2D eigenvalue weighted by Gasteiger charge is 2.15. The molecule has 1 aliphatic rings. The van der Waals surface area contributed by atoms with Crippen molar-refractivity contribution in [2.24, 2.45) is 0 Å². The Hall–Kier alpha value is -4.00. The molecule has 0 saturated heterocycles. The second kappa shape index (κ2) is 9.67. The minimum Gasteiger partial charge on any atom is -0.490 e. The Morgan fingerprint density at radius 2 is 1.55 bits per heavy atom. The molecule has 0 atom stereocenters. The lowest BCUT2D eigenvalue weighted by Gasteiger charge is -2.13. The van der Waals surface area contributed by atoms with Crippen molar-refractivity contribution in [2.45, 2.75) is 6.42 Å². The van der Waals surface area contributed by atoms with Crippen LogP contribution in [0.5, 0.6) is 17.2 Å². The SMILES string of the molecule is O=C(COc1ccccc1C(=O)Nc1ccccc1)Nc1ccc2c(c1)OCCCO2. The fourth-order valence-electron chi connectivity index (χ4n) is 3.08. The topological polar surface area (TPSA) is 85.9 Å². The van der Waals surface area contributed by atoms with Crippen LogP contribution >= 0.6 is 0 Å². The Morgan fingerprint density at radius 1 is 0.806 bits per heavy atom. The van der Waals surface area contributed by atoms with E-state index in [0.29, 0.717) is 47.4 Å². The van der Waals surface area contributed by atoms with Crippen molar-refractivity contribution in [1.82, 2.24) is 0 Å². The van der Waals surface area contributed by atoms with Gasteiger partial charge in [0.1, 0.15) is 5.75 Å². The second-order valence-electron chi connectivity index (χ2n) is 6.87. The zero-order valence-corrected chi connectivity index (χ0v) is 16.8. The van der Waals surface area contributed by atoms with E-state index in [9.17, 15) is 9.59 Å². The summed E-state index contributed by atoms with van der Waals surface area (Å²) in [5, 5.41) is 5.59. The zero-order chi connectivity index (χ0) is 21.5. The van der Waals surface area contributed by atoms with Crippen LogP contribution in [-0.4, -0.2) is 31.6 Å². The molecule has 0 radical (unpaired) electrons. The molecule has 4 rings (SSSR count). The Kier molecular flexibility index (Phi) is 6.32. The fourth-order valence-corrected chi connectivity index (χ4v) is 3.08. The van der Waals surface area contributed by atoms with Crippen LogP contribution in [0.4, 0.5) is 11.4 Å². The molecule has 2 N–H and O–H groups in total. The number of anilines is 2. The third-order valence-electron chi connectivity index (χ3n) is 4.55. The molecule has 0 saturated carbocycles. The van der Waals surface area contributed by atoms with E-state index >= 15 is 0 Å². The number of rotatable bonds is 6. The van der Waals surface area contributed by atoms with E-state index in [1.807, 2.05) is 18.2 Å². The Labute approximate surface area is 179 Å². The van der Waals surface area contributed by atoms with Gasteiger partial charge in [-0.25, -0.2) is 0 Å². The maximum atomic E-state index is 12.6. The van der Waals surface area contributed by atoms with Gasteiger partial charge in [0.05, 0.1) is 18.8 Å². The lowest BCUT2D eigenvalue weighted by Crippen LogP contribution is -2.21. The van der Waals surface area contributed by atoms with Gasteiger partial charge in [0, 0.05) is 23.9 Å². The summed E-state index contributed by atoms with van der Waals surface area (Å²) in [6.07, 6.45) is 0.807. The van der Waals surface area contributed by atoms with E-state index in [1.165, 1.54) is 0 Å². The molecule has 1 heterocycles. The molecule has 7 nitrogen and oxygen atoms in total. The van der Waals surface area contributed by atoms with Gasteiger partial charge in [-0.15, -0.1) is 0 Å². The van der Waals surface area contributed by atoms with E-state index in [2.05, 4.69) is 10.6 Å². The van der Waals surface area contributed by atoms with Gasteiger partial charge in [0.2, 0.25) is 0 Å². The normalized spacial score (nSPS) is 12.4. The average molecular weight is 418 g/mol. The monoisotopic (exact) mass is 418 g/mol. The molecule has 3 aromatic carbocycles. The van der Waals surface area contributed by atoms with E-state index in [4.69, 9.17) is 14.2 Å². The molecule has 0 aromatic heterocycles. The Balaban J connectivity index is 1.38. The van der Waals surface area contributed by atoms with Crippen LogP contribution in [0.3, 0.4) is 0 Å². The van der Waals surface area contributed by atoms with Gasteiger partial charge in [0.15, 0.2) is 18.1 Å². The summed E-state index contributed by atoms with van der Waals surface area (Å²) in [6, 6.07) is 21.1. The van der Waals surface area contributed by atoms with Crippen molar-refractivity contribution in [2.75, 3.05) is 30.5 Å². The zero-order valence-electron chi connectivity index (χ0n) is 16.8. The number of hydrogen-bond acceptors (Lipinski definition) is 5. The molecule has 158 valence electrons. The fraction of sp³-hybridized carbons (Fsp3) is 0.167. The summed E-state index contributed by atoms with van der Waals surface area (Å²) < 4.78 is 16.9. The molecule has 31 heavy (non-hydrogen) atoms. The number of fused-ring (bicyclic) bond motifs is 1. The van der Waals surface area contributed by atoms with Gasteiger partial charge in [-0.1, -0.05) is 30.3 Å². The molecule has 0 fully saturated rings. The van der Waals surface area contributed by atoms with Crippen LogP contribution < -0.4 is 24.8 Å². The van der Waals surface area contributed by atoms with E-state index < -0.39 is 0 Å². The summed E-state index contributed by atoms with van der Waals surface area (Å²) in [4.78, 5) is 25.0. The average Bonchev–Trinajstić information content (AvgIpc) is 3.03. The summed E-state index contributed by atoms with van der Waals surface area (Å²) in [5.41, 5.74) is 1.59. The highest BCUT2D eigenvalue weighted by Crippen LogP contribution is 2.32. The summed E-state index contributed by atoms with van der Waals surface area (Å²) >= 11 is 0. The van der Waals surface area contributed by atoms with E-state index in [-0.39, 0.29) is 18.4 Å². The molecule has 2 amide bonds. The first-order valence-electron chi connectivity index (χ1n) is 9.97. The standard InChI is InChI=1S/C24H22N2O5/c27-23(25-18-11-12-21-22(15-18)30-14-6-13-29-21)16-31-20-10-5-4-9-19(20)24(28)26-17-7-2-1-3-8-17/h1-5,7-12,15H,6,13-14,16H2,(H,25,27)(H,26,28). The Morgan fingerprint density at radius 3 is 2.39 bits per heavy atom. The van der Waals surface area contributed by atoms with Crippen LogP contribution in [0, 0.1) is 0 Å². The highest BCUT2D eigenvalue weighted by molar-refractivity contribution is 6.06. The second-order valence-corrected chi connectivity index (χ2v) is 6.87. The number of ether oxygens (including phenoxy) is 3. The molecular formula is C24H22N2O5. The molecule has 3 aromatic rings. The molecular weight excluding hydrogens is 396 g/mol. The number of hydrogen-bond donors (Lipinski definition) is 2. The lowest BCUT2D eigenvalue weighted by molar-refractivity contribution is -0.118. The smallest absolute Gasteiger partial charge is 0.262 e. The number of para-hydroxylation sites is 2. The van der Waals surface area contributed by atoms with Gasteiger partial charge in [-0.2, -0.15) is 0 Å². The van der Waals surface area contributed by atoms with Crippen molar-refractivity contribution in [1.29, 1.82) is 0 Å². The molecule has 0 aliphatic carbocycles. The van der Waals surface area contributed by atoms with Gasteiger partial charge in [-0.3, -0.25) is 9.59 Å². The van der Waals surface area contributed by atoms with Crippen LogP contribution in [0.15, 0.2) is 72.8 Å². The van der Waals surface area contributed by atoms with Crippen molar-refractivity contribution >= 4 is 23.2 Å². The minimum absolute atomic E-state index is 0.246. The van der Waals surface area contributed by atoms with Crippen molar-refractivity contribution in [3.05, 3.63) is 78.4 Å². The van der Waals surface area contributed by atoms with Crippen molar-refractivity contribution in [3.8, 4) is 17.2 Å².